The van der Waals surface area contributed by atoms with Crippen LogP contribution in [0.4, 0.5) is 4.39 Å². The molecule has 0 saturated carbocycles. The smallest absolute Gasteiger partial charge is 0.129 e. The molecule has 1 N–H and O–H groups in total. The predicted octanol–water partition coefficient (Wildman–Crippen LogP) is 3.75. The number of benzene rings is 2. The van der Waals surface area contributed by atoms with Crippen molar-refractivity contribution < 1.29 is 19.0 Å². The molecule has 0 saturated heterocycles. The molecule has 0 aliphatic heterocycles. The SMILES string of the molecule is CCOc1ccc(OC[C@H](O)CN(C)Cc2c(F)cccc2Cl)cc1. The Morgan fingerprint density at radius 3 is 2.36 bits per heavy atom. The summed E-state index contributed by atoms with van der Waals surface area (Å²) in [6.07, 6.45) is -0.706. The maximum Gasteiger partial charge on any atom is 0.129 e. The van der Waals surface area contributed by atoms with Crippen LogP contribution in [0.2, 0.25) is 5.02 Å². The summed E-state index contributed by atoms with van der Waals surface area (Å²) in [5.41, 5.74) is 0.422. The number of halogens is 2. The Kier molecular flexibility index (Phi) is 7.50. The fraction of sp³-hybridized carbons (Fsp3) is 0.368. The minimum Gasteiger partial charge on any atom is -0.494 e. The van der Waals surface area contributed by atoms with Gasteiger partial charge in [-0.15, -0.1) is 0 Å². The Morgan fingerprint density at radius 1 is 1.12 bits per heavy atom. The van der Waals surface area contributed by atoms with Gasteiger partial charge in [-0.1, -0.05) is 17.7 Å². The zero-order valence-corrected chi connectivity index (χ0v) is 15.2. The molecule has 0 aliphatic carbocycles. The number of aliphatic hydroxyl groups is 1. The molecule has 0 heterocycles. The van der Waals surface area contributed by atoms with Gasteiger partial charge in [-0.25, -0.2) is 4.39 Å². The fourth-order valence-electron chi connectivity index (χ4n) is 2.42. The molecule has 0 bridgehead atoms. The maximum atomic E-state index is 13.8. The molecule has 0 aromatic heterocycles. The van der Waals surface area contributed by atoms with E-state index in [0.717, 1.165) is 5.75 Å². The summed E-state index contributed by atoms with van der Waals surface area (Å²) < 4.78 is 24.7. The number of nitrogens with zero attached hydrogens (tertiary/aromatic N) is 1. The largest absolute Gasteiger partial charge is 0.494 e. The number of hydrogen-bond acceptors (Lipinski definition) is 4. The summed E-state index contributed by atoms with van der Waals surface area (Å²) in [4.78, 5) is 1.80. The van der Waals surface area contributed by atoms with Crippen LogP contribution >= 0.6 is 11.6 Å². The normalized spacial score (nSPS) is 12.2. The summed E-state index contributed by atoms with van der Waals surface area (Å²) >= 11 is 6.02. The number of ether oxygens (including phenoxy) is 2. The van der Waals surface area contributed by atoms with Crippen molar-refractivity contribution in [3.8, 4) is 11.5 Å². The first-order valence-electron chi connectivity index (χ1n) is 8.14. The second-order valence-electron chi connectivity index (χ2n) is 5.77. The van der Waals surface area contributed by atoms with Crippen LogP contribution < -0.4 is 9.47 Å². The first-order valence-corrected chi connectivity index (χ1v) is 8.52. The van der Waals surface area contributed by atoms with E-state index >= 15 is 0 Å². The quantitative estimate of drug-likeness (QED) is 0.733. The van der Waals surface area contributed by atoms with Gasteiger partial charge in [0.15, 0.2) is 0 Å². The van der Waals surface area contributed by atoms with Crippen LogP contribution in [0.15, 0.2) is 42.5 Å². The number of aliphatic hydroxyl groups excluding tert-OH is 1. The summed E-state index contributed by atoms with van der Waals surface area (Å²) in [6.45, 7) is 3.32. The van der Waals surface area contributed by atoms with E-state index in [1.165, 1.54) is 6.07 Å². The van der Waals surface area contributed by atoms with Crippen LogP contribution in [0, 0.1) is 5.82 Å². The van der Waals surface area contributed by atoms with Gasteiger partial charge in [0, 0.05) is 23.7 Å². The average molecular weight is 368 g/mol. The molecule has 25 heavy (non-hydrogen) atoms. The molecule has 0 fully saturated rings. The molecule has 0 radical (unpaired) electrons. The van der Waals surface area contributed by atoms with Crippen molar-refractivity contribution in [3.05, 3.63) is 58.9 Å². The van der Waals surface area contributed by atoms with Gasteiger partial charge in [0.05, 0.1) is 6.61 Å². The Morgan fingerprint density at radius 2 is 1.76 bits per heavy atom. The lowest BCUT2D eigenvalue weighted by Gasteiger charge is -2.21. The van der Waals surface area contributed by atoms with Crippen molar-refractivity contribution in [1.82, 2.24) is 4.90 Å². The second-order valence-corrected chi connectivity index (χ2v) is 6.17. The van der Waals surface area contributed by atoms with E-state index in [1.54, 1.807) is 36.2 Å². The highest BCUT2D eigenvalue weighted by molar-refractivity contribution is 6.31. The molecule has 0 amide bonds. The summed E-state index contributed by atoms with van der Waals surface area (Å²) in [7, 11) is 1.79. The van der Waals surface area contributed by atoms with Gasteiger partial charge in [-0.3, -0.25) is 4.90 Å². The van der Waals surface area contributed by atoms with Gasteiger partial charge in [-0.2, -0.15) is 0 Å². The first-order chi connectivity index (χ1) is 12.0. The van der Waals surface area contributed by atoms with E-state index < -0.39 is 6.10 Å². The Balaban J connectivity index is 1.80. The van der Waals surface area contributed by atoms with E-state index in [1.807, 2.05) is 19.1 Å². The highest BCUT2D eigenvalue weighted by Crippen LogP contribution is 2.21. The van der Waals surface area contributed by atoms with Gasteiger partial charge in [0.2, 0.25) is 0 Å². The highest BCUT2D eigenvalue weighted by atomic mass is 35.5. The third-order valence-corrected chi connectivity index (χ3v) is 3.94. The molecule has 4 nitrogen and oxygen atoms in total. The van der Waals surface area contributed by atoms with E-state index in [9.17, 15) is 9.50 Å². The van der Waals surface area contributed by atoms with Crippen LogP contribution in [0.1, 0.15) is 12.5 Å². The van der Waals surface area contributed by atoms with Gasteiger partial charge in [-0.05, 0) is 50.4 Å². The number of hydrogen-bond donors (Lipinski definition) is 1. The van der Waals surface area contributed by atoms with Gasteiger partial charge in [0.25, 0.3) is 0 Å². The number of likely N-dealkylation sites (N-methyl/N-ethyl adjacent to an activating group) is 1. The molecule has 0 spiro atoms. The first kappa shape index (κ1) is 19.5. The summed E-state index contributed by atoms with van der Waals surface area (Å²) in [6, 6.07) is 11.8. The topological polar surface area (TPSA) is 41.9 Å². The van der Waals surface area contributed by atoms with E-state index in [4.69, 9.17) is 21.1 Å². The monoisotopic (exact) mass is 367 g/mol. The Bertz CT molecular complexity index is 646. The third-order valence-electron chi connectivity index (χ3n) is 3.59. The summed E-state index contributed by atoms with van der Waals surface area (Å²) in [5, 5.41) is 10.5. The van der Waals surface area contributed by atoms with Crippen molar-refractivity contribution >= 4 is 11.6 Å². The van der Waals surface area contributed by atoms with Gasteiger partial charge < -0.3 is 14.6 Å². The second kappa shape index (κ2) is 9.61. The Hall–Kier alpha value is -1.82. The van der Waals surface area contributed by atoms with E-state index in [2.05, 4.69) is 0 Å². The van der Waals surface area contributed by atoms with Crippen LogP contribution in [-0.4, -0.2) is 42.9 Å². The van der Waals surface area contributed by atoms with Crippen LogP contribution in [-0.2, 0) is 6.54 Å². The third kappa shape index (κ3) is 6.20. The lowest BCUT2D eigenvalue weighted by atomic mass is 10.2. The minimum absolute atomic E-state index is 0.142. The van der Waals surface area contributed by atoms with Crippen molar-refractivity contribution in [2.45, 2.75) is 19.6 Å². The van der Waals surface area contributed by atoms with E-state index in [-0.39, 0.29) is 12.4 Å². The molecule has 0 aliphatic rings. The van der Waals surface area contributed by atoms with Crippen molar-refractivity contribution in [2.75, 3.05) is 26.8 Å². The van der Waals surface area contributed by atoms with Gasteiger partial charge >= 0.3 is 0 Å². The maximum absolute atomic E-state index is 13.8. The van der Waals surface area contributed by atoms with Crippen LogP contribution in [0.5, 0.6) is 11.5 Å². The average Bonchev–Trinajstić information content (AvgIpc) is 2.58. The highest BCUT2D eigenvalue weighted by Gasteiger charge is 2.13. The molecule has 6 heteroatoms. The fourth-order valence-corrected chi connectivity index (χ4v) is 2.64. The molecule has 2 aromatic rings. The molecule has 0 unspecified atom stereocenters. The lowest BCUT2D eigenvalue weighted by Crippen LogP contribution is -2.33. The van der Waals surface area contributed by atoms with Crippen molar-refractivity contribution in [3.63, 3.8) is 0 Å². The molecule has 2 aromatic carbocycles. The minimum atomic E-state index is -0.706. The lowest BCUT2D eigenvalue weighted by molar-refractivity contribution is 0.0741. The summed E-state index contributed by atoms with van der Waals surface area (Å²) in [5.74, 6) is 1.08. The van der Waals surface area contributed by atoms with Crippen LogP contribution in [0.3, 0.4) is 0 Å². The molecular formula is C19H23ClFNO3. The van der Waals surface area contributed by atoms with Crippen LogP contribution in [0.25, 0.3) is 0 Å². The molecule has 2 rings (SSSR count). The Labute approximate surface area is 152 Å². The van der Waals surface area contributed by atoms with Crippen molar-refractivity contribution in [2.24, 2.45) is 0 Å². The standard InChI is InChI=1S/C19H23ClFNO3/c1-3-24-15-7-9-16(10-8-15)25-13-14(23)11-22(2)12-17-18(20)5-4-6-19(17)21/h4-10,14,23H,3,11-13H2,1-2H3/t14-/m1/s1. The zero-order valence-electron chi connectivity index (χ0n) is 14.4. The zero-order chi connectivity index (χ0) is 18.2. The van der Waals surface area contributed by atoms with E-state index in [0.29, 0.717) is 36.0 Å². The molecule has 136 valence electrons. The molecular weight excluding hydrogens is 345 g/mol. The molecule has 1 atom stereocenters. The van der Waals surface area contributed by atoms with Crippen molar-refractivity contribution in [1.29, 1.82) is 0 Å². The number of rotatable bonds is 9. The van der Waals surface area contributed by atoms with Gasteiger partial charge in [0.1, 0.15) is 30.0 Å². The predicted molar refractivity (Wildman–Crippen MR) is 96.9 cm³/mol.